The molecule has 0 atom stereocenters. The molecule has 3 heteroatoms. The Bertz CT molecular complexity index is 711. The van der Waals surface area contributed by atoms with E-state index in [4.69, 9.17) is 5.73 Å². The third kappa shape index (κ3) is 2.48. The van der Waals surface area contributed by atoms with Crippen molar-refractivity contribution >= 4 is 22.3 Å². The summed E-state index contributed by atoms with van der Waals surface area (Å²) >= 11 is 0. The van der Waals surface area contributed by atoms with E-state index < -0.39 is 0 Å². The van der Waals surface area contributed by atoms with Gasteiger partial charge in [-0.1, -0.05) is 18.2 Å². The molecule has 0 spiro atoms. The minimum atomic E-state index is 0.796. The predicted octanol–water partition coefficient (Wildman–Crippen LogP) is 3.42. The Morgan fingerprint density at radius 2 is 1.80 bits per heavy atom. The van der Waals surface area contributed by atoms with Crippen molar-refractivity contribution in [2.24, 2.45) is 7.05 Å². The molecular weight excluding hydrogens is 246 g/mol. The number of nitrogen functional groups attached to an aromatic ring is 1. The Labute approximate surface area is 119 Å². The van der Waals surface area contributed by atoms with E-state index in [1.165, 1.54) is 16.5 Å². The Morgan fingerprint density at radius 3 is 2.60 bits per heavy atom. The molecule has 0 aliphatic rings. The van der Waals surface area contributed by atoms with Crippen molar-refractivity contribution in [2.45, 2.75) is 6.42 Å². The molecule has 0 unspecified atom stereocenters. The molecule has 0 radical (unpaired) electrons. The zero-order valence-corrected chi connectivity index (χ0v) is 11.6. The summed E-state index contributed by atoms with van der Waals surface area (Å²) in [5, 5.41) is 4.77. The molecule has 0 amide bonds. The number of anilines is 2. The smallest absolute Gasteiger partial charge is 0.0480 e. The van der Waals surface area contributed by atoms with Gasteiger partial charge in [0, 0.05) is 42.1 Å². The first-order chi connectivity index (χ1) is 9.74. The minimum Gasteiger partial charge on any atom is -0.399 e. The molecule has 1 aromatic heterocycles. The van der Waals surface area contributed by atoms with E-state index in [-0.39, 0.29) is 0 Å². The maximum absolute atomic E-state index is 5.68. The first-order valence-electron chi connectivity index (χ1n) is 6.86. The van der Waals surface area contributed by atoms with Crippen molar-refractivity contribution in [2.75, 3.05) is 17.6 Å². The molecule has 0 fully saturated rings. The van der Waals surface area contributed by atoms with Gasteiger partial charge in [-0.05, 0) is 42.3 Å². The van der Waals surface area contributed by atoms with E-state index in [9.17, 15) is 0 Å². The van der Waals surface area contributed by atoms with E-state index in [0.717, 1.165) is 24.3 Å². The van der Waals surface area contributed by atoms with E-state index in [1.807, 2.05) is 24.3 Å². The van der Waals surface area contributed by atoms with E-state index in [0.29, 0.717) is 0 Å². The van der Waals surface area contributed by atoms with Crippen LogP contribution in [0, 0.1) is 0 Å². The molecule has 0 saturated carbocycles. The van der Waals surface area contributed by atoms with Crippen molar-refractivity contribution in [3.8, 4) is 0 Å². The van der Waals surface area contributed by atoms with Gasteiger partial charge in [-0.3, -0.25) is 0 Å². The molecule has 2 aromatic carbocycles. The maximum atomic E-state index is 5.68. The zero-order valence-electron chi connectivity index (χ0n) is 11.6. The van der Waals surface area contributed by atoms with E-state index in [1.54, 1.807) is 0 Å². The van der Waals surface area contributed by atoms with Crippen LogP contribution in [0.5, 0.6) is 0 Å². The number of hydrogen-bond donors (Lipinski definition) is 2. The number of fused-ring (bicyclic) bond motifs is 1. The minimum absolute atomic E-state index is 0.796. The van der Waals surface area contributed by atoms with Gasteiger partial charge in [0.2, 0.25) is 0 Å². The third-order valence-electron chi connectivity index (χ3n) is 3.61. The number of aromatic nitrogens is 1. The summed E-state index contributed by atoms with van der Waals surface area (Å²) in [6.45, 7) is 0.915. The topological polar surface area (TPSA) is 43.0 Å². The second-order valence-electron chi connectivity index (χ2n) is 5.08. The lowest BCUT2D eigenvalue weighted by Crippen LogP contribution is -2.04. The molecule has 0 bridgehead atoms. The number of nitrogens with zero attached hydrogens (tertiary/aromatic N) is 1. The van der Waals surface area contributed by atoms with Crippen molar-refractivity contribution in [3.05, 3.63) is 60.3 Å². The molecule has 1 heterocycles. The summed E-state index contributed by atoms with van der Waals surface area (Å²) in [5.41, 5.74) is 10.3. The number of nitrogens with one attached hydrogen (secondary N) is 1. The fraction of sp³-hybridized carbons (Fsp3) is 0.176. The van der Waals surface area contributed by atoms with Crippen LogP contribution in [0.2, 0.25) is 0 Å². The highest BCUT2D eigenvalue weighted by Crippen LogP contribution is 2.20. The van der Waals surface area contributed by atoms with Crippen molar-refractivity contribution < 1.29 is 0 Å². The summed E-state index contributed by atoms with van der Waals surface area (Å²) in [7, 11) is 2.10. The van der Waals surface area contributed by atoms with Crippen LogP contribution >= 0.6 is 0 Å². The molecule has 20 heavy (non-hydrogen) atoms. The fourth-order valence-corrected chi connectivity index (χ4v) is 2.57. The molecule has 0 saturated heterocycles. The quantitative estimate of drug-likeness (QED) is 0.710. The van der Waals surface area contributed by atoms with Gasteiger partial charge in [0.25, 0.3) is 0 Å². The number of hydrogen-bond acceptors (Lipinski definition) is 2. The van der Waals surface area contributed by atoms with Crippen molar-refractivity contribution in [1.29, 1.82) is 0 Å². The average Bonchev–Trinajstić information content (AvgIpc) is 2.79. The number of benzene rings is 2. The third-order valence-corrected chi connectivity index (χ3v) is 3.61. The Morgan fingerprint density at radius 1 is 1.05 bits per heavy atom. The van der Waals surface area contributed by atoms with Gasteiger partial charge in [0.05, 0.1) is 0 Å². The summed E-state index contributed by atoms with van der Waals surface area (Å²) < 4.78 is 2.19. The van der Waals surface area contributed by atoms with Gasteiger partial charge in [0.1, 0.15) is 0 Å². The van der Waals surface area contributed by atoms with E-state index in [2.05, 4.69) is 47.4 Å². The van der Waals surface area contributed by atoms with Crippen LogP contribution in [0.1, 0.15) is 5.56 Å². The molecule has 3 rings (SSSR count). The van der Waals surface area contributed by atoms with Crippen LogP contribution in [0.4, 0.5) is 11.4 Å². The lowest BCUT2D eigenvalue weighted by molar-refractivity contribution is 0.943. The maximum Gasteiger partial charge on any atom is 0.0480 e. The lowest BCUT2D eigenvalue weighted by atomic mass is 10.1. The predicted molar refractivity (Wildman–Crippen MR) is 86.0 cm³/mol. The molecule has 3 N–H and O–H groups in total. The van der Waals surface area contributed by atoms with Crippen LogP contribution < -0.4 is 11.1 Å². The van der Waals surface area contributed by atoms with Crippen LogP contribution in [0.3, 0.4) is 0 Å². The summed E-state index contributed by atoms with van der Waals surface area (Å²) in [5.74, 6) is 0. The summed E-state index contributed by atoms with van der Waals surface area (Å²) in [4.78, 5) is 0. The highest BCUT2D eigenvalue weighted by molar-refractivity contribution is 5.83. The average molecular weight is 265 g/mol. The normalized spacial score (nSPS) is 10.8. The van der Waals surface area contributed by atoms with Crippen molar-refractivity contribution in [1.82, 2.24) is 4.57 Å². The number of rotatable bonds is 4. The standard InChI is InChI=1S/C17H19N3/c1-20-12-13(16-4-2-3-5-17(16)20)10-11-19-15-8-6-14(18)7-9-15/h2-9,12,19H,10-11,18H2,1H3. The summed E-state index contributed by atoms with van der Waals surface area (Å²) in [6.07, 6.45) is 3.22. The van der Waals surface area contributed by atoms with Crippen molar-refractivity contribution in [3.63, 3.8) is 0 Å². The van der Waals surface area contributed by atoms with Gasteiger partial charge in [-0.25, -0.2) is 0 Å². The lowest BCUT2D eigenvalue weighted by Gasteiger charge is -2.06. The first-order valence-corrected chi connectivity index (χ1v) is 6.86. The van der Waals surface area contributed by atoms with Gasteiger partial charge in [-0.2, -0.15) is 0 Å². The number of para-hydroxylation sites is 1. The van der Waals surface area contributed by atoms with Gasteiger partial charge >= 0.3 is 0 Å². The molecule has 0 aliphatic heterocycles. The molecular formula is C17H19N3. The highest BCUT2D eigenvalue weighted by Gasteiger charge is 2.05. The van der Waals surface area contributed by atoms with E-state index >= 15 is 0 Å². The largest absolute Gasteiger partial charge is 0.399 e. The molecule has 102 valence electrons. The number of aryl methyl sites for hydroxylation is 1. The van der Waals surface area contributed by atoms with Gasteiger partial charge < -0.3 is 15.6 Å². The Kier molecular flexibility index (Phi) is 3.33. The zero-order chi connectivity index (χ0) is 13.9. The van der Waals surface area contributed by atoms with Crippen LogP contribution in [0.15, 0.2) is 54.7 Å². The fourth-order valence-electron chi connectivity index (χ4n) is 2.57. The summed E-state index contributed by atoms with van der Waals surface area (Å²) in [6, 6.07) is 16.4. The number of nitrogens with two attached hydrogens (primary N) is 1. The highest BCUT2D eigenvalue weighted by atomic mass is 14.9. The van der Waals surface area contributed by atoms with Crippen LogP contribution in [0.25, 0.3) is 10.9 Å². The second-order valence-corrected chi connectivity index (χ2v) is 5.08. The van der Waals surface area contributed by atoms with Crippen LogP contribution in [-0.2, 0) is 13.5 Å². The second kappa shape index (κ2) is 5.29. The van der Waals surface area contributed by atoms with Crippen LogP contribution in [-0.4, -0.2) is 11.1 Å². The first kappa shape index (κ1) is 12.6. The Hall–Kier alpha value is -2.42. The molecule has 3 aromatic rings. The van der Waals surface area contributed by atoms with Gasteiger partial charge in [-0.15, -0.1) is 0 Å². The SMILES string of the molecule is Cn1cc(CCNc2ccc(N)cc2)c2ccccc21. The Balaban J connectivity index is 1.70. The van der Waals surface area contributed by atoms with Gasteiger partial charge in [0.15, 0.2) is 0 Å². The molecule has 3 nitrogen and oxygen atoms in total. The molecule has 0 aliphatic carbocycles. The monoisotopic (exact) mass is 265 g/mol.